The van der Waals surface area contributed by atoms with Gasteiger partial charge in [-0.1, -0.05) is 17.7 Å². The number of benzene rings is 1. The minimum absolute atomic E-state index is 0.0237. The van der Waals surface area contributed by atoms with Crippen molar-refractivity contribution in [1.82, 2.24) is 14.9 Å². The standard InChI is InChI=1S/C17H20N4O/c1-12-5-6-15(13(2)9-12)20-17-18-10-14(11-19-17)16(22)21-7-3-4-8-21/h5-6,9-11H,3-4,7-8H2,1-2H3,(H,18,19,20). The van der Waals surface area contributed by atoms with Gasteiger partial charge in [0.25, 0.3) is 5.91 Å². The molecule has 5 nitrogen and oxygen atoms in total. The van der Waals surface area contributed by atoms with Crippen LogP contribution >= 0.6 is 0 Å². The molecule has 3 rings (SSSR count). The predicted molar refractivity (Wildman–Crippen MR) is 86.4 cm³/mol. The van der Waals surface area contributed by atoms with Crippen LogP contribution in [0.2, 0.25) is 0 Å². The summed E-state index contributed by atoms with van der Waals surface area (Å²) in [6, 6.07) is 6.16. The van der Waals surface area contributed by atoms with Crippen molar-refractivity contribution in [3.8, 4) is 0 Å². The van der Waals surface area contributed by atoms with Crippen LogP contribution in [0.4, 0.5) is 11.6 Å². The van der Waals surface area contributed by atoms with Gasteiger partial charge in [-0.15, -0.1) is 0 Å². The Hall–Kier alpha value is -2.43. The van der Waals surface area contributed by atoms with Crippen LogP contribution in [0.15, 0.2) is 30.6 Å². The van der Waals surface area contributed by atoms with Gasteiger partial charge in [0.15, 0.2) is 0 Å². The monoisotopic (exact) mass is 296 g/mol. The first kappa shape index (κ1) is 14.5. The molecule has 1 N–H and O–H groups in total. The maximum Gasteiger partial charge on any atom is 0.256 e. The van der Waals surface area contributed by atoms with E-state index in [1.807, 2.05) is 24.0 Å². The zero-order chi connectivity index (χ0) is 15.5. The lowest BCUT2D eigenvalue weighted by Gasteiger charge is -2.15. The van der Waals surface area contributed by atoms with Crippen LogP contribution < -0.4 is 5.32 Å². The fourth-order valence-corrected chi connectivity index (χ4v) is 2.68. The van der Waals surface area contributed by atoms with Crippen molar-refractivity contribution in [3.63, 3.8) is 0 Å². The minimum Gasteiger partial charge on any atom is -0.339 e. The van der Waals surface area contributed by atoms with E-state index >= 15 is 0 Å². The number of likely N-dealkylation sites (tertiary alicyclic amines) is 1. The van der Waals surface area contributed by atoms with E-state index < -0.39 is 0 Å². The number of hydrogen-bond donors (Lipinski definition) is 1. The third-order valence-electron chi connectivity index (χ3n) is 3.92. The van der Waals surface area contributed by atoms with Crippen LogP contribution in [0, 0.1) is 13.8 Å². The predicted octanol–water partition coefficient (Wildman–Crippen LogP) is 3.07. The lowest BCUT2D eigenvalue weighted by molar-refractivity contribution is 0.0792. The third kappa shape index (κ3) is 3.08. The summed E-state index contributed by atoms with van der Waals surface area (Å²) in [5.74, 6) is 0.528. The van der Waals surface area contributed by atoms with Crippen molar-refractivity contribution in [3.05, 3.63) is 47.3 Å². The van der Waals surface area contributed by atoms with E-state index in [0.717, 1.165) is 37.2 Å². The van der Waals surface area contributed by atoms with Gasteiger partial charge in [0.05, 0.1) is 5.56 Å². The molecule has 114 valence electrons. The summed E-state index contributed by atoms with van der Waals surface area (Å²) < 4.78 is 0. The average Bonchev–Trinajstić information content (AvgIpc) is 3.04. The molecule has 1 aliphatic heterocycles. The minimum atomic E-state index is 0.0237. The fourth-order valence-electron chi connectivity index (χ4n) is 2.68. The Morgan fingerprint density at radius 1 is 1.14 bits per heavy atom. The molecule has 0 spiro atoms. The fraction of sp³-hybridized carbons (Fsp3) is 0.353. The number of carbonyl (C=O) groups excluding carboxylic acids is 1. The second-order valence-electron chi connectivity index (χ2n) is 5.74. The summed E-state index contributed by atoms with van der Waals surface area (Å²) in [7, 11) is 0. The highest BCUT2D eigenvalue weighted by molar-refractivity contribution is 5.93. The largest absolute Gasteiger partial charge is 0.339 e. The van der Waals surface area contributed by atoms with Crippen LogP contribution in [-0.4, -0.2) is 33.9 Å². The van der Waals surface area contributed by atoms with Crippen molar-refractivity contribution in [2.24, 2.45) is 0 Å². The number of nitrogens with zero attached hydrogens (tertiary/aromatic N) is 3. The molecule has 1 aromatic carbocycles. The molecule has 1 saturated heterocycles. The number of carbonyl (C=O) groups is 1. The number of aryl methyl sites for hydroxylation is 2. The highest BCUT2D eigenvalue weighted by Crippen LogP contribution is 2.19. The van der Waals surface area contributed by atoms with Gasteiger partial charge >= 0.3 is 0 Å². The molecule has 5 heteroatoms. The van der Waals surface area contributed by atoms with Crippen molar-refractivity contribution in [2.75, 3.05) is 18.4 Å². The maximum absolute atomic E-state index is 12.2. The number of rotatable bonds is 3. The lowest BCUT2D eigenvalue weighted by atomic mass is 10.1. The summed E-state index contributed by atoms with van der Waals surface area (Å²) in [5.41, 5.74) is 3.88. The first-order valence-corrected chi connectivity index (χ1v) is 7.59. The Morgan fingerprint density at radius 2 is 1.82 bits per heavy atom. The topological polar surface area (TPSA) is 58.1 Å². The molecule has 0 radical (unpaired) electrons. The van der Waals surface area contributed by atoms with Crippen molar-refractivity contribution in [2.45, 2.75) is 26.7 Å². The van der Waals surface area contributed by atoms with Crippen molar-refractivity contribution >= 4 is 17.5 Å². The quantitative estimate of drug-likeness (QED) is 0.945. The Kier molecular flexibility index (Phi) is 4.04. The first-order valence-electron chi connectivity index (χ1n) is 7.59. The summed E-state index contributed by atoms with van der Waals surface area (Å²) in [4.78, 5) is 22.6. The molecule has 2 aromatic rings. The molecule has 1 amide bonds. The van der Waals surface area contributed by atoms with E-state index in [2.05, 4.69) is 28.3 Å². The van der Waals surface area contributed by atoms with Gasteiger partial charge in [0, 0.05) is 31.2 Å². The Labute approximate surface area is 130 Å². The Bertz CT molecular complexity index is 676. The van der Waals surface area contributed by atoms with Crippen LogP contribution in [0.25, 0.3) is 0 Å². The van der Waals surface area contributed by atoms with E-state index in [-0.39, 0.29) is 5.91 Å². The third-order valence-corrected chi connectivity index (χ3v) is 3.92. The average molecular weight is 296 g/mol. The van der Waals surface area contributed by atoms with Crippen molar-refractivity contribution in [1.29, 1.82) is 0 Å². The van der Waals surface area contributed by atoms with Crippen LogP contribution in [0.5, 0.6) is 0 Å². The van der Waals surface area contributed by atoms with Gasteiger partial charge in [-0.25, -0.2) is 9.97 Å². The summed E-state index contributed by atoms with van der Waals surface area (Å²) in [6.45, 7) is 5.77. The lowest BCUT2D eigenvalue weighted by Crippen LogP contribution is -2.27. The molecule has 0 saturated carbocycles. The van der Waals surface area contributed by atoms with Gasteiger partial charge in [-0.05, 0) is 38.3 Å². The number of nitrogens with one attached hydrogen (secondary N) is 1. The normalized spacial score (nSPS) is 14.2. The Balaban J connectivity index is 1.72. The smallest absolute Gasteiger partial charge is 0.256 e. The Morgan fingerprint density at radius 3 is 2.45 bits per heavy atom. The van der Waals surface area contributed by atoms with E-state index in [9.17, 15) is 4.79 Å². The van der Waals surface area contributed by atoms with Crippen LogP contribution in [0.1, 0.15) is 34.3 Å². The van der Waals surface area contributed by atoms with Crippen LogP contribution in [0.3, 0.4) is 0 Å². The van der Waals surface area contributed by atoms with Gasteiger partial charge in [0.1, 0.15) is 0 Å². The van der Waals surface area contributed by atoms with Gasteiger partial charge in [0.2, 0.25) is 5.95 Å². The van der Waals surface area contributed by atoms with Crippen LogP contribution in [-0.2, 0) is 0 Å². The zero-order valence-electron chi connectivity index (χ0n) is 13.0. The first-order chi connectivity index (χ1) is 10.6. The molecule has 0 bridgehead atoms. The number of aromatic nitrogens is 2. The molecular weight excluding hydrogens is 276 g/mol. The van der Waals surface area contributed by atoms with E-state index in [0.29, 0.717) is 11.5 Å². The highest BCUT2D eigenvalue weighted by atomic mass is 16.2. The van der Waals surface area contributed by atoms with Gasteiger partial charge in [-0.2, -0.15) is 0 Å². The summed E-state index contributed by atoms with van der Waals surface area (Å²) in [5, 5.41) is 3.19. The molecule has 1 aliphatic rings. The van der Waals surface area contributed by atoms with E-state index in [4.69, 9.17) is 0 Å². The SMILES string of the molecule is Cc1ccc(Nc2ncc(C(=O)N3CCCC3)cn2)c(C)c1. The van der Waals surface area contributed by atoms with Gasteiger partial charge < -0.3 is 10.2 Å². The molecule has 0 aliphatic carbocycles. The van der Waals surface area contributed by atoms with E-state index in [1.54, 1.807) is 12.4 Å². The number of anilines is 2. The highest BCUT2D eigenvalue weighted by Gasteiger charge is 2.19. The summed E-state index contributed by atoms with van der Waals surface area (Å²) >= 11 is 0. The molecule has 2 heterocycles. The van der Waals surface area contributed by atoms with Gasteiger partial charge in [-0.3, -0.25) is 4.79 Å². The number of hydrogen-bond acceptors (Lipinski definition) is 4. The number of amides is 1. The maximum atomic E-state index is 12.2. The zero-order valence-corrected chi connectivity index (χ0v) is 13.0. The molecular formula is C17H20N4O. The molecule has 1 aromatic heterocycles. The molecule has 22 heavy (non-hydrogen) atoms. The van der Waals surface area contributed by atoms with E-state index in [1.165, 1.54) is 5.56 Å². The molecule has 0 atom stereocenters. The second-order valence-corrected chi connectivity index (χ2v) is 5.74. The summed E-state index contributed by atoms with van der Waals surface area (Å²) in [6.07, 6.45) is 5.36. The van der Waals surface area contributed by atoms with Crippen molar-refractivity contribution < 1.29 is 4.79 Å². The second kappa shape index (κ2) is 6.13. The molecule has 1 fully saturated rings. The molecule has 0 unspecified atom stereocenters.